The average molecular weight is 396 g/mol. The molecule has 2 aliphatic rings. The first kappa shape index (κ1) is 19.8. The summed E-state index contributed by atoms with van der Waals surface area (Å²) in [6.45, 7) is 4.44. The van der Waals surface area contributed by atoms with Crippen molar-refractivity contribution in [1.82, 2.24) is 25.7 Å². The van der Waals surface area contributed by atoms with E-state index in [9.17, 15) is 4.79 Å². The smallest absolute Gasteiger partial charge is 0.256 e. The highest BCUT2D eigenvalue weighted by molar-refractivity contribution is 5.93. The second kappa shape index (κ2) is 8.88. The number of nitrogens with zero attached hydrogens (tertiary/aromatic N) is 3. The third kappa shape index (κ3) is 4.26. The van der Waals surface area contributed by atoms with E-state index in [1.165, 1.54) is 5.56 Å². The third-order valence-electron chi connectivity index (χ3n) is 6.15. The summed E-state index contributed by atoms with van der Waals surface area (Å²) >= 11 is 0. The minimum atomic E-state index is 0.0351. The summed E-state index contributed by atoms with van der Waals surface area (Å²) in [7, 11) is 1.70. The second-order valence-corrected chi connectivity index (χ2v) is 7.81. The van der Waals surface area contributed by atoms with Crippen molar-refractivity contribution in [2.24, 2.45) is 5.92 Å². The summed E-state index contributed by atoms with van der Waals surface area (Å²) in [4.78, 5) is 23.2. The third-order valence-corrected chi connectivity index (χ3v) is 6.15. The predicted octanol–water partition coefficient (Wildman–Crippen LogP) is 2.16. The number of nitrogens with one attached hydrogen (secondary N) is 2. The molecule has 2 N–H and O–H groups in total. The van der Waals surface area contributed by atoms with Gasteiger partial charge in [0.25, 0.3) is 5.91 Å². The molecular weight excluding hydrogens is 366 g/mol. The van der Waals surface area contributed by atoms with Crippen LogP contribution >= 0.6 is 0 Å². The van der Waals surface area contributed by atoms with Gasteiger partial charge in [-0.1, -0.05) is 19.1 Å². The molecule has 7 nitrogen and oxygen atoms in total. The molecular formula is C22H29N5O2. The first-order valence-electron chi connectivity index (χ1n) is 10.4. The number of benzene rings is 1. The number of methoxy groups -OCH3 is 1. The summed E-state index contributed by atoms with van der Waals surface area (Å²) in [5.41, 5.74) is 8.69. The van der Waals surface area contributed by atoms with Gasteiger partial charge >= 0.3 is 0 Å². The number of aromatic nitrogens is 2. The van der Waals surface area contributed by atoms with Crippen LogP contribution in [0.2, 0.25) is 0 Å². The Bertz CT molecular complexity index is 833. The molecule has 4 rings (SSSR count). The molecule has 0 bridgehead atoms. The topological polar surface area (TPSA) is 79.4 Å². The van der Waals surface area contributed by atoms with E-state index >= 15 is 0 Å². The van der Waals surface area contributed by atoms with E-state index in [1.54, 1.807) is 19.5 Å². The van der Waals surface area contributed by atoms with E-state index in [4.69, 9.17) is 4.74 Å². The Morgan fingerprint density at radius 1 is 1.24 bits per heavy atom. The number of likely N-dealkylation sites (tertiary alicyclic amines) is 1. The van der Waals surface area contributed by atoms with Gasteiger partial charge in [-0.05, 0) is 36.5 Å². The SMILES string of the molecule is CCc1ncc(C(=O)N2CCC(C3NNCC3c3cccc(OC)c3)CC2)cn1. The highest BCUT2D eigenvalue weighted by Crippen LogP contribution is 2.33. The van der Waals surface area contributed by atoms with Crippen LogP contribution in [-0.4, -0.2) is 53.6 Å². The van der Waals surface area contributed by atoms with Gasteiger partial charge in [0, 0.05) is 50.4 Å². The number of hydrogen-bond acceptors (Lipinski definition) is 6. The number of piperidine rings is 1. The first-order chi connectivity index (χ1) is 14.2. The van der Waals surface area contributed by atoms with Crippen molar-refractivity contribution in [2.75, 3.05) is 26.7 Å². The maximum Gasteiger partial charge on any atom is 0.256 e. The number of rotatable bonds is 5. The molecule has 0 aliphatic carbocycles. The van der Waals surface area contributed by atoms with E-state index < -0.39 is 0 Å². The number of amides is 1. The molecule has 2 aromatic rings. The van der Waals surface area contributed by atoms with Crippen LogP contribution in [0.15, 0.2) is 36.7 Å². The summed E-state index contributed by atoms with van der Waals surface area (Å²) < 4.78 is 5.40. The molecule has 2 unspecified atom stereocenters. The fourth-order valence-electron chi connectivity index (χ4n) is 4.45. The van der Waals surface area contributed by atoms with Gasteiger partial charge in [0.05, 0.1) is 12.7 Å². The van der Waals surface area contributed by atoms with Crippen LogP contribution in [0.4, 0.5) is 0 Å². The minimum absolute atomic E-state index is 0.0351. The molecule has 0 spiro atoms. The zero-order valence-corrected chi connectivity index (χ0v) is 17.1. The quantitative estimate of drug-likeness (QED) is 0.808. The Hall–Kier alpha value is -2.51. The second-order valence-electron chi connectivity index (χ2n) is 7.81. The zero-order valence-electron chi connectivity index (χ0n) is 17.1. The lowest BCUT2D eigenvalue weighted by atomic mass is 9.80. The Balaban J connectivity index is 1.38. The highest BCUT2D eigenvalue weighted by Gasteiger charge is 2.37. The van der Waals surface area contributed by atoms with Crippen LogP contribution in [0.3, 0.4) is 0 Å². The van der Waals surface area contributed by atoms with Crippen LogP contribution in [0, 0.1) is 5.92 Å². The van der Waals surface area contributed by atoms with Crippen molar-refractivity contribution in [3.63, 3.8) is 0 Å². The normalized spacial score (nSPS) is 22.6. The van der Waals surface area contributed by atoms with Crippen LogP contribution in [0.1, 0.15) is 47.4 Å². The monoisotopic (exact) mass is 395 g/mol. The molecule has 7 heteroatoms. The lowest BCUT2D eigenvalue weighted by Gasteiger charge is -2.36. The number of ether oxygens (including phenoxy) is 1. The lowest BCUT2D eigenvalue weighted by molar-refractivity contribution is 0.0669. The van der Waals surface area contributed by atoms with Gasteiger partial charge in [-0.3, -0.25) is 15.6 Å². The lowest BCUT2D eigenvalue weighted by Crippen LogP contribution is -2.45. The highest BCUT2D eigenvalue weighted by atomic mass is 16.5. The van der Waals surface area contributed by atoms with Crippen molar-refractivity contribution in [2.45, 2.75) is 38.1 Å². The molecule has 0 radical (unpaired) electrons. The van der Waals surface area contributed by atoms with Crippen LogP contribution < -0.4 is 15.6 Å². The summed E-state index contributed by atoms with van der Waals surface area (Å²) in [6.07, 6.45) is 6.05. The first-order valence-corrected chi connectivity index (χ1v) is 10.4. The maximum atomic E-state index is 12.8. The molecule has 1 aromatic heterocycles. The van der Waals surface area contributed by atoms with Crippen molar-refractivity contribution in [3.8, 4) is 5.75 Å². The van der Waals surface area contributed by atoms with Crippen molar-refractivity contribution >= 4 is 5.91 Å². The van der Waals surface area contributed by atoms with Crippen molar-refractivity contribution < 1.29 is 9.53 Å². The van der Waals surface area contributed by atoms with Gasteiger partial charge in [-0.15, -0.1) is 0 Å². The Kier molecular flexibility index (Phi) is 6.06. The zero-order chi connectivity index (χ0) is 20.2. The van der Waals surface area contributed by atoms with E-state index in [2.05, 4.69) is 39.0 Å². The van der Waals surface area contributed by atoms with Crippen LogP contribution in [0.5, 0.6) is 5.75 Å². The summed E-state index contributed by atoms with van der Waals surface area (Å²) in [5.74, 6) is 2.61. The van der Waals surface area contributed by atoms with Gasteiger partial charge < -0.3 is 9.64 Å². The molecule has 0 saturated carbocycles. The maximum absolute atomic E-state index is 12.8. The van der Waals surface area contributed by atoms with E-state index in [1.807, 2.05) is 17.9 Å². The molecule has 1 amide bonds. The van der Waals surface area contributed by atoms with E-state index in [0.717, 1.165) is 50.5 Å². The van der Waals surface area contributed by atoms with Crippen molar-refractivity contribution in [3.05, 3.63) is 53.6 Å². The summed E-state index contributed by atoms with van der Waals surface area (Å²) in [5, 5.41) is 0. The van der Waals surface area contributed by atoms with Crippen molar-refractivity contribution in [1.29, 1.82) is 0 Å². The molecule has 3 heterocycles. The number of carbonyl (C=O) groups excluding carboxylic acids is 1. The number of carbonyl (C=O) groups is 1. The molecule has 2 atom stereocenters. The largest absolute Gasteiger partial charge is 0.497 e. The number of hydrogen-bond donors (Lipinski definition) is 2. The molecule has 2 saturated heterocycles. The number of aryl methyl sites for hydroxylation is 1. The Labute approximate surface area is 171 Å². The standard InChI is InChI=1S/C22H29N5O2/c1-3-20-23-12-17(13-24-20)22(28)27-9-7-15(8-10-27)21-19(14-25-26-21)16-5-4-6-18(11-16)29-2/h4-6,11-13,15,19,21,25-26H,3,7-10,14H2,1-2H3. The van der Waals surface area contributed by atoms with Gasteiger partial charge in [-0.25, -0.2) is 9.97 Å². The molecule has 2 aliphatic heterocycles. The predicted molar refractivity (Wildman–Crippen MR) is 111 cm³/mol. The van der Waals surface area contributed by atoms with Crippen LogP contribution in [-0.2, 0) is 6.42 Å². The van der Waals surface area contributed by atoms with Gasteiger partial charge in [0.15, 0.2) is 0 Å². The van der Waals surface area contributed by atoms with Crippen LogP contribution in [0.25, 0.3) is 0 Å². The fourth-order valence-corrected chi connectivity index (χ4v) is 4.45. The summed E-state index contributed by atoms with van der Waals surface area (Å²) in [6, 6.07) is 8.69. The molecule has 29 heavy (non-hydrogen) atoms. The Morgan fingerprint density at radius 2 is 2.00 bits per heavy atom. The van der Waals surface area contributed by atoms with Gasteiger partial charge in [0.1, 0.15) is 11.6 Å². The Morgan fingerprint density at radius 3 is 2.69 bits per heavy atom. The minimum Gasteiger partial charge on any atom is -0.497 e. The van der Waals surface area contributed by atoms with Gasteiger partial charge in [-0.2, -0.15) is 0 Å². The number of hydrazine groups is 1. The molecule has 154 valence electrons. The molecule has 1 aromatic carbocycles. The fraction of sp³-hybridized carbons (Fsp3) is 0.500. The average Bonchev–Trinajstić information content (AvgIpc) is 3.29. The van der Waals surface area contributed by atoms with E-state index in [0.29, 0.717) is 23.4 Å². The van der Waals surface area contributed by atoms with E-state index in [-0.39, 0.29) is 5.91 Å². The van der Waals surface area contributed by atoms with Gasteiger partial charge in [0.2, 0.25) is 0 Å². The molecule has 2 fully saturated rings.